The summed E-state index contributed by atoms with van der Waals surface area (Å²) < 4.78 is 11.6. The number of likely N-dealkylation sites (tertiary alicyclic amines) is 1. The topological polar surface area (TPSA) is 50.8 Å². The monoisotopic (exact) mass is 398 g/mol. The fraction of sp³-hybridized carbons (Fsp3) is 0.409. The Morgan fingerprint density at radius 1 is 1.14 bits per heavy atom. The summed E-state index contributed by atoms with van der Waals surface area (Å²) >= 11 is 1.64. The number of rotatable bonds is 5. The largest absolute Gasteiger partial charge is 0.490 e. The second-order valence-corrected chi connectivity index (χ2v) is 7.98. The Labute approximate surface area is 170 Å². The minimum atomic E-state index is 0.0303. The van der Waals surface area contributed by atoms with E-state index in [0.29, 0.717) is 19.8 Å². The second-order valence-electron chi connectivity index (χ2n) is 7.13. The van der Waals surface area contributed by atoms with Gasteiger partial charge in [-0.05, 0) is 55.5 Å². The van der Waals surface area contributed by atoms with E-state index in [2.05, 4.69) is 22.3 Å². The summed E-state index contributed by atoms with van der Waals surface area (Å²) in [6, 6.07) is 14.3. The molecule has 1 N–H and O–H groups in total. The van der Waals surface area contributed by atoms with E-state index in [0.717, 1.165) is 47.9 Å². The van der Waals surface area contributed by atoms with Crippen molar-refractivity contribution < 1.29 is 14.3 Å². The van der Waals surface area contributed by atoms with E-state index in [1.807, 2.05) is 36.6 Å². The SMILES string of the molecule is CSc1ccccc1NC(=O)CN1CCCC1c1ccc2c(c1)OCCCO2. The molecule has 0 bridgehead atoms. The highest BCUT2D eigenvalue weighted by atomic mass is 32.2. The van der Waals surface area contributed by atoms with E-state index >= 15 is 0 Å². The molecule has 0 saturated carbocycles. The lowest BCUT2D eigenvalue weighted by molar-refractivity contribution is -0.117. The summed E-state index contributed by atoms with van der Waals surface area (Å²) in [5, 5.41) is 3.07. The molecule has 6 heteroatoms. The van der Waals surface area contributed by atoms with Crippen LogP contribution in [0, 0.1) is 0 Å². The van der Waals surface area contributed by atoms with Gasteiger partial charge in [-0.15, -0.1) is 11.8 Å². The van der Waals surface area contributed by atoms with Crippen molar-refractivity contribution in [1.29, 1.82) is 0 Å². The number of para-hydroxylation sites is 1. The van der Waals surface area contributed by atoms with Crippen molar-refractivity contribution in [3.8, 4) is 11.5 Å². The molecule has 0 aromatic heterocycles. The molecule has 2 aromatic carbocycles. The number of nitrogens with zero attached hydrogens (tertiary/aromatic N) is 1. The van der Waals surface area contributed by atoms with Crippen LogP contribution in [0.25, 0.3) is 0 Å². The van der Waals surface area contributed by atoms with Crippen LogP contribution in [0.4, 0.5) is 5.69 Å². The molecule has 0 spiro atoms. The Kier molecular flexibility index (Phi) is 6.07. The van der Waals surface area contributed by atoms with Gasteiger partial charge in [0.1, 0.15) is 0 Å². The first-order chi connectivity index (χ1) is 13.7. The minimum absolute atomic E-state index is 0.0303. The molecule has 4 rings (SSSR count). The molecule has 2 heterocycles. The summed E-state index contributed by atoms with van der Waals surface area (Å²) in [5.74, 6) is 1.67. The van der Waals surface area contributed by atoms with Gasteiger partial charge in [-0.1, -0.05) is 18.2 Å². The summed E-state index contributed by atoms with van der Waals surface area (Å²) in [7, 11) is 0. The van der Waals surface area contributed by atoms with Gasteiger partial charge in [0.15, 0.2) is 11.5 Å². The lowest BCUT2D eigenvalue weighted by Crippen LogP contribution is -2.33. The van der Waals surface area contributed by atoms with E-state index in [1.165, 1.54) is 5.56 Å². The number of hydrogen-bond acceptors (Lipinski definition) is 5. The van der Waals surface area contributed by atoms with Gasteiger partial charge in [-0.25, -0.2) is 0 Å². The highest BCUT2D eigenvalue weighted by Gasteiger charge is 2.28. The van der Waals surface area contributed by atoms with Crippen molar-refractivity contribution in [2.75, 3.05) is 37.9 Å². The molecule has 0 radical (unpaired) electrons. The van der Waals surface area contributed by atoms with Crippen molar-refractivity contribution in [1.82, 2.24) is 4.90 Å². The van der Waals surface area contributed by atoms with E-state index in [9.17, 15) is 4.79 Å². The molecular formula is C22H26N2O3S. The first kappa shape index (κ1) is 19.2. The smallest absolute Gasteiger partial charge is 0.238 e. The van der Waals surface area contributed by atoms with Crippen LogP contribution in [-0.2, 0) is 4.79 Å². The zero-order valence-electron chi connectivity index (χ0n) is 16.1. The predicted molar refractivity (Wildman–Crippen MR) is 112 cm³/mol. The molecule has 2 aliphatic rings. The van der Waals surface area contributed by atoms with Crippen molar-refractivity contribution in [3.63, 3.8) is 0 Å². The lowest BCUT2D eigenvalue weighted by Gasteiger charge is -2.25. The molecule has 1 amide bonds. The molecule has 2 aliphatic heterocycles. The Morgan fingerprint density at radius 2 is 1.96 bits per heavy atom. The third-order valence-corrected chi connectivity index (χ3v) is 6.04. The van der Waals surface area contributed by atoms with Crippen LogP contribution in [-0.4, -0.2) is 43.4 Å². The first-order valence-corrected chi connectivity index (χ1v) is 11.0. The molecule has 148 valence electrons. The number of carbonyl (C=O) groups excluding carboxylic acids is 1. The predicted octanol–water partition coefficient (Wildman–Crippen LogP) is 4.35. The minimum Gasteiger partial charge on any atom is -0.490 e. The highest BCUT2D eigenvalue weighted by Crippen LogP contribution is 2.37. The number of anilines is 1. The number of nitrogens with one attached hydrogen (secondary N) is 1. The van der Waals surface area contributed by atoms with Gasteiger partial charge in [0.2, 0.25) is 5.91 Å². The zero-order chi connectivity index (χ0) is 19.3. The van der Waals surface area contributed by atoms with Crippen LogP contribution in [0.5, 0.6) is 11.5 Å². The fourth-order valence-electron chi connectivity index (χ4n) is 3.90. The summed E-state index contributed by atoms with van der Waals surface area (Å²) in [6.45, 7) is 2.69. The number of amides is 1. The maximum Gasteiger partial charge on any atom is 0.238 e. The second kappa shape index (κ2) is 8.88. The average molecular weight is 399 g/mol. The number of fused-ring (bicyclic) bond motifs is 1. The summed E-state index contributed by atoms with van der Waals surface area (Å²) in [4.78, 5) is 16.0. The molecular weight excluding hydrogens is 372 g/mol. The van der Waals surface area contributed by atoms with E-state index in [-0.39, 0.29) is 11.9 Å². The van der Waals surface area contributed by atoms with Gasteiger partial charge in [0, 0.05) is 17.4 Å². The van der Waals surface area contributed by atoms with Crippen LogP contribution >= 0.6 is 11.8 Å². The van der Waals surface area contributed by atoms with Gasteiger partial charge >= 0.3 is 0 Å². The van der Waals surface area contributed by atoms with Crippen LogP contribution < -0.4 is 14.8 Å². The van der Waals surface area contributed by atoms with Crippen LogP contribution in [0.2, 0.25) is 0 Å². The lowest BCUT2D eigenvalue weighted by atomic mass is 10.0. The summed E-state index contributed by atoms with van der Waals surface area (Å²) in [5.41, 5.74) is 2.07. The van der Waals surface area contributed by atoms with Crippen LogP contribution in [0.3, 0.4) is 0 Å². The Bertz CT molecular complexity index is 842. The Hall–Kier alpha value is -2.18. The average Bonchev–Trinajstić information content (AvgIpc) is 3.03. The molecule has 1 atom stereocenters. The number of ether oxygens (including phenoxy) is 2. The van der Waals surface area contributed by atoms with Crippen molar-refractivity contribution in [3.05, 3.63) is 48.0 Å². The van der Waals surface area contributed by atoms with Crippen molar-refractivity contribution >= 4 is 23.4 Å². The Balaban J connectivity index is 1.45. The molecule has 1 saturated heterocycles. The standard InChI is InChI=1S/C22H26N2O3S/c1-28-21-8-3-2-6-17(21)23-22(25)15-24-11-4-7-18(24)16-9-10-19-20(14-16)27-13-5-12-26-19/h2-3,6,8-10,14,18H,4-5,7,11-13,15H2,1H3,(H,23,25). The number of hydrogen-bond donors (Lipinski definition) is 1. The van der Waals surface area contributed by atoms with Gasteiger partial charge in [-0.2, -0.15) is 0 Å². The first-order valence-electron chi connectivity index (χ1n) is 9.81. The highest BCUT2D eigenvalue weighted by molar-refractivity contribution is 7.98. The maximum absolute atomic E-state index is 12.7. The summed E-state index contributed by atoms with van der Waals surface area (Å²) in [6.07, 6.45) is 5.06. The molecule has 28 heavy (non-hydrogen) atoms. The molecule has 1 fully saturated rings. The van der Waals surface area contributed by atoms with Gasteiger partial charge in [0.05, 0.1) is 25.4 Å². The maximum atomic E-state index is 12.7. The molecule has 1 unspecified atom stereocenters. The van der Waals surface area contributed by atoms with Gasteiger partial charge in [0.25, 0.3) is 0 Å². The fourth-order valence-corrected chi connectivity index (χ4v) is 4.46. The Morgan fingerprint density at radius 3 is 2.82 bits per heavy atom. The molecule has 0 aliphatic carbocycles. The van der Waals surface area contributed by atoms with Gasteiger partial charge in [-0.3, -0.25) is 9.69 Å². The quantitative estimate of drug-likeness (QED) is 0.759. The van der Waals surface area contributed by atoms with Crippen molar-refractivity contribution in [2.45, 2.75) is 30.2 Å². The third kappa shape index (κ3) is 4.28. The number of benzene rings is 2. The van der Waals surface area contributed by atoms with E-state index in [4.69, 9.17) is 9.47 Å². The zero-order valence-corrected chi connectivity index (χ0v) is 17.0. The van der Waals surface area contributed by atoms with Crippen LogP contribution in [0.15, 0.2) is 47.4 Å². The normalized spacial score (nSPS) is 19.2. The molecule has 2 aromatic rings. The van der Waals surface area contributed by atoms with Gasteiger partial charge < -0.3 is 14.8 Å². The van der Waals surface area contributed by atoms with Crippen LogP contribution in [0.1, 0.15) is 30.9 Å². The van der Waals surface area contributed by atoms with E-state index in [1.54, 1.807) is 11.8 Å². The van der Waals surface area contributed by atoms with E-state index < -0.39 is 0 Å². The number of thioether (sulfide) groups is 1. The number of carbonyl (C=O) groups is 1. The molecule has 5 nitrogen and oxygen atoms in total. The van der Waals surface area contributed by atoms with Crippen molar-refractivity contribution in [2.24, 2.45) is 0 Å². The third-order valence-electron chi connectivity index (χ3n) is 5.25.